The fourth-order valence-electron chi connectivity index (χ4n) is 0.183. The number of hydrogen-bond acceptors (Lipinski definition) is 5. The van der Waals surface area contributed by atoms with Crippen molar-refractivity contribution >= 4 is 6.21 Å². The molecule has 5 heteroatoms. The quantitative estimate of drug-likeness (QED) is 0.333. The third-order valence-corrected chi connectivity index (χ3v) is 0.403. The highest BCUT2D eigenvalue weighted by Crippen LogP contribution is 1.61. The summed E-state index contributed by atoms with van der Waals surface area (Å²) in [5.74, 6) is 0. The van der Waals surface area contributed by atoms with Gasteiger partial charge in [-0.1, -0.05) is 6.92 Å². The summed E-state index contributed by atoms with van der Waals surface area (Å²) in [6.07, 6.45) is 2.82. The first-order valence-corrected chi connectivity index (χ1v) is 3.83. The highest BCUT2D eigenvalue weighted by molar-refractivity contribution is 5.55. The molecule has 0 saturated heterocycles. The fourth-order valence-corrected chi connectivity index (χ4v) is 0.183. The zero-order chi connectivity index (χ0) is 10.8. The van der Waals surface area contributed by atoms with Gasteiger partial charge in [-0.3, -0.25) is 0 Å². The molecule has 0 heterocycles. The molecule has 0 saturated carbocycles. The maximum Gasteiger partial charge on any atom is 0.0239 e. The minimum Gasteiger partial charge on any atom is -0.333 e. The summed E-state index contributed by atoms with van der Waals surface area (Å²) in [6.45, 7) is 2.04. The molecule has 0 aromatic rings. The Morgan fingerprint density at radius 1 is 1.08 bits per heavy atom. The highest BCUT2D eigenvalue weighted by atomic mass is 15.3. The van der Waals surface area contributed by atoms with Gasteiger partial charge in [-0.25, -0.2) is 0 Å². The van der Waals surface area contributed by atoms with Gasteiger partial charge in [0, 0.05) is 13.3 Å². The smallest absolute Gasteiger partial charge is 0.0239 e. The Morgan fingerprint density at radius 2 is 1.42 bits per heavy atom. The van der Waals surface area contributed by atoms with Crippen LogP contribution >= 0.6 is 0 Å². The van der Waals surface area contributed by atoms with Gasteiger partial charge >= 0.3 is 0 Å². The van der Waals surface area contributed by atoms with E-state index in [0.29, 0.717) is 0 Å². The van der Waals surface area contributed by atoms with Gasteiger partial charge in [0.2, 0.25) is 0 Å². The normalized spacial score (nSPS) is 6.33. The van der Waals surface area contributed by atoms with Gasteiger partial charge in [0.25, 0.3) is 0 Å². The van der Waals surface area contributed by atoms with E-state index in [1.807, 2.05) is 13.1 Å². The summed E-state index contributed by atoms with van der Waals surface area (Å²) in [7, 11) is 6.28. The van der Waals surface area contributed by atoms with E-state index in [1.165, 1.54) is 21.1 Å². The third kappa shape index (κ3) is 118. The molecule has 0 bridgehead atoms. The van der Waals surface area contributed by atoms with Crippen LogP contribution < -0.4 is 22.6 Å². The number of rotatable bonds is 2. The predicted molar refractivity (Wildman–Crippen MR) is 58.2 cm³/mol. The maximum atomic E-state index is 4.50. The molecule has 7 N–H and O–H groups in total. The lowest BCUT2D eigenvalue weighted by Gasteiger charge is -1.79. The lowest BCUT2D eigenvalue weighted by atomic mass is 10.6. The SMILES string of the molecule is CCC=NNC.CN.CN.CN. The average Bonchev–Trinajstić information content (AvgIpc) is 2.24. The van der Waals surface area contributed by atoms with Crippen LogP contribution in [0.15, 0.2) is 5.10 Å². The average molecular weight is 179 g/mol. The molecule has 0 spiro atoms. The van der Waals surface area contributed by atoms with Gasteiger partial charge in [-0.2, -0.15) is 5.10 Å². The van der Waals surface area contributed by atoms with Crippen molar-refractivity contribution in [1.29, 1.82) is 0 Å². The van der Waals surface area contributed by atoms with Crippen LogP contribution in [-0.4, -0.2) is 34.4 Å². The number of nitrogens with two attached hydrogens (primary N) is 3. The van der Waals surface area contributed by atoms with Gasteiger partial charge in [0.15, 0.2) is 0 Å². The molecule has 0 atom stereocenters. The Bertz CT molecular complexity index is 41.1. The minimum atomic E-state index is 1.00. The first kappa shape index (κ1) is 22.5. The molecule has 0 radical (unpaired) electrons. The first-order chi connectivity index (χ1) is 5.91. The topological polar surface area (TPSA) is 102 Å². The Labute approximate surface area is 76.4 Å². The molecule has 0 aliphatic rings. The van der Waals surface area contributed by atoms with E-state index < -0.39 is 0 Å². The fraction of sp³-hybridized carbons (Fsp3) is 0.857. The van der Waals surface area contributed by atoms with Crippen molar-refractivity contribution in [2.24, 2.45) is 22.3 Å². The number of hydrogen-bond donors (Lipinski definition) is 4. The van der Waals surface area contributed by atoms with Gasteiger partial charge in [-0.15, -0.1) is 0 Å². The van der Waals surface area contributed by atoms with Crippen molar-refractivity contribution in [2.75, 3.05) is 28.2 Å². The van der Waals surface area contributed by atoms with Crippen molar-refractivity contribution in [3.05, 3.63) is 0 Å². The number of hydrazone groups is 1. The molecule has 0 aliphatic carbocycles. The van der Waals surface area contributed by atoms with E-state index in [0.717, 1.165) is 6.42 Å². The summed E-state index contributed by atoms with van der Waals surface area (Å²) >= 11 is 0. The zero-order valence-electron chi connectivity index (χ0n) is 8.96. The summed E-state index contributed by atoms with van der Waals surface area (Å²) in [5, 5.41) is 3.72. The molecule has 0 fully saturated rings. The Hall–Kier alpha value is -0.650. The molecule has 0 aliphatic heterocycles. The van der Waals surface area contributed by atoms with Gasteiger partial charge < -0.3 is 22.6 Å². The van der Waals surface area contributed by atoms with Crippen LogP contribution in [0.5, 0.6) is 0 Å². The van der Waals surface area contributed by atoms with Crippen LogP contribution in [0.3, 0.4) is 0 Å². The van der Waals surface area contributed by atoms with Crippen LogP contribution in [0.4, 0.5) is 0 Å². The Morgan fingerprint density at radius 3 is 1.50 bits per heavy atom. The monoisotopic (exact) mass is 179 g/mol. The molecule has 12 heavy (non-hydrogen) atoms. The molecule has 0 unspecified atom stereocenters. The lowest BCUT2D eigenvalue weighted by Crippen LogP contribution is -1.92. The van der Waals surface area contributed by atoms with Crippen LogP contribution in [0.1, 0.15) is 13.3 Å². The van der Waals surface area contributed by atoms with Crippen molar-refractivity contribution in [3.8, 4) is 0 Å². The second-order valence-corrected chi connectivity index (χ2v) is 0.944. The number of nitrogens with one attached hydrogen (secondary N) is 1. The molecule has 0 amide bonds. The van der Waals surface area contributed by atoms with E-state index in [9.17, 15) is 0 Å². The van der Waals surface area contributed by atoms with Crippen LogP contribution in [0.2, 0.25) is 0 Å². The van der Waals surface area contributed by atoms with Crippen LogP contribution in [0, 0.1) is 0 Å². The third-order valence-electron chi connectivity index (χ3n) is 0.403. The van der Waals surface area contributed by atoms with Crippen molar-refractivity contribution in [2.45, 2.75) is 13.3 Å². The van der Waals surface area contributed by atoms with Gasteiger partial charge in [0.1, 0.15) is 0 Å². The van der Waals surface area contributed by atoms with E-state index in [-0.39, 0.29) is 0 Å². The molecule has 78 valence electrons. The Balaban J connectivity index is -0.0000000453. The standard InChI is InChI=1S/C4H10N2.3CH5N/c1-3-4-6-5-2;3*1-2/h4-5H,3H2,1-2H3;3*2H2,1H3. The molecular weight excluding hydrogens is 154 g/mol. The first-order valence-electron chi connectivity index (χ1n) is 3.83. The summed E-state index contributed by atoms with van der Waals surface area (Å²) < 4.78 is 0. The van der Waals surface area contributed by atoms with E-state index in [2.05, 4.69) is 27.7 Å². The Kier molecular flexibility index (Phi) is 151. The highest BCUT2D eigenvalue weighted by Gasteiger charge is 1.57. The van der Waals surface area contributed by atoms with E-state index in [4.69, 9.17) is 0 Å². The minimum absolute atomic E-state index is 1.00. The predicted octanol–water partition coefficient (Wildman–Crippen LogP) is -0.674. The molecule has 0 aromatic heterocycles. The van der Waals surface area contributed by atoms with Crippen molar-refractivity contribution in [3.63, 3.8) is 0 Å². The largest absolute Gasteiger partial charge is 0.333 e. The van der Waals surface area contributed by atoms with Crippen molar-refractivity contribution < 1.29 is 0 Å². The molecule has 5 nitrogen and oxygen atoms in total. The second-order valence-electron chi connectivity index (χ2n) is 0.944. The summed E-state index contributed by atoms with van der Waals surface area (Å²) in [5.41, 5.74) is 16.1. The van der Waals surface area contributed by atoms with Crippen LogP contribution in [0.25, 0.3) is 0 Å². The van der Waals surface area contributed by atoms with Crippen molar-refractivity contribution in [1.82, 2.24) is 5.43 Å². The number of nitrogens with zero attached hydrogens (tertiary/aromatic N) is 1. The van der Waals surface area contributed by atoms with Crippen LogP contribution in [-0.2, 0) is 0 Å². The lowest BCUT2D eigenvalue weighted by molar-refractivity contribution is 0.901. The van der Waals surface area contributed by atoms with E-state index in [1.54, 1.807) is 7.05 Å². The summed E-state index contributed by atoms with van der Waals surface area (Å²) in [6, 6.07) is 0. The molecular formula is C7H25N5. The zero-order valence-corrected chi connectivity index (χ0v) is 8.96. The van der Waals surface area contributed by atoms with Gasteiger partial charge in [-0.05, 0) is 27.6 Å². The second kappa shape index (κ2) is 80.6. The molecule has 0 aromatic carbocycles. The summed E-state index contributed by atoms with van der Waals surface area (Å²) in [4.78, 5) is 0. The maximum absolute atomic E-state index is 4.50. The van der Waals surface area contributed by atoms with Gasteiger partial charge in [0.05, 0.1) is 0 Å². The molecule has 0 rings (SSSR count). The van der Waals surface area contributed by atoms with E-state index >= 15 is 0 Å².